The van der Waals surface area contributed by atoms with Crippen LogP contribution in [0.5, 0.6) is 0 Å². The van der Waals surface area contributed by atoms with Crippen molar-refractivity contribution in [3.8, 4) is 22.4 Å². The van der Waals surface area contributed by atoms with E-state index in [1.165, 1.54) is 39.1 Å². The molecule has 0 radical (unpaired) electrons. The average Bonchev–Trinajstić information content (AvgIpc) is 4.07. The van der Waals surface area contributed by atoms with Crippen molar-refractivity contribution in [2.24, 2.45) is 5.92 Å². The van der Waals surface area contributed by atoms with E-state index in [2.05, 4.69) is 111 Å². The molecule has 3 atom stereocenters. The highest BCUT2D eigenvalue weighted by molar-refractivity contribution is 6.05. The summed E-state index contributed by atoms with van der Waals surface area (Å²) in [6.45, 7) is 9.99. The lowest BCUT2D eigenvalue weighted by atomic mass is 9.97. The molecule has 2 amide bonds. The van der Waals surface area contributed by atoms with Crippen molar-refractivity contribution in [1.29, 1.82) is 0 Å². The molecule has 8 rings (SSSR count). The maximum absolute atomic E-state index is 13.0. The van der Waals surface area contributed by atoms with Gasteiger partial charge in [-0.25, -0.2) is 9.97 Å². The number of aromatic nitrogens is 4. The molecular formula is C45H61N7O4. The van der Waals surface area contributed by atoms with Gasteiger partial charge in [-0.2, -0.15) is 0 Å². The van der Waals surface area contributed by atoms with Crippen LogP contribution < -0.4 is 10.6 Å². The highest BCUT2D eigenvalue weighted by atomic mass is 16.4. The van der Waals surface area contributed by atoms with E-state index in [4.69, 9.17) is 19.9 Å². The average molecular weight is 764 g/mol. The molecule has 0 spiro atoms. The Kier molecular flexibility index (Phi) is 17.0. The number of nitrogens with zero attached hydrogens (tertiary/aromatic N) is 3. The third-order valence-corrected chi connectivity index (χ3v) is 10.1. The van der Waals surface area contributed by atoms with Gasteiger partial charge in [-0.15, -0.1) is 0 Å². The minimum absolute atomic E-state index is 0.0792. The summed E-state index contributed by atoms with van der Waals surface area (Å²) in [6, 6.07) is 24.8. The van der Waals surface area contributed by atoms with E-state index < -0.39 is 0 Å². The second-order valence-corrected chi connectivity index (χ2v) is 13.8. The number of hydrogen-bond donors (Lipinski definition) is 5. The van der Waals surface area contributed by atoms with Crippen molar-refractivity contribution < 1.29 is 19.4 Å². The van der Waals surface area contributed by atoms with Gasteiger partial charge in [0.25, 0.3) is 0 Å². The predicted octanol–water partition coefficient (Wildman–Crippen LogP) is 8.54. The van der Waals surface area contributed by atoms with E-state index in [9.17, 15) is 4.79 Å². The molecule has 6 aromatic rings. The van der Waals surface area contributed by atoms with Crippen LogP contribution in [-0.4, -0.2) is 83.2 Å². The van der Waals surface area contributed by atoms with Gasteiger partial charge in [-0.3, -0.25) is 9.59 Å². The summed E-state index contributed by atoms with van der Waals surface area (Å²) in [5, 5.41) is 17.4. The Morgan fingerprint density at radius 2 is 1.54 bits per heavy atom. The molecule has 2 aromatic heterocycles. The first-order valence-electron chi connectivity index (χ1n) is 19.9. The summed E-state index contributed by atoms with van der Waals surface area (Å²) < 4.78 is 4.25. The van der Waals surface area contributed by atoms with E-state index in [1.54, 1.807) is 21.3 Å². The fourth-order valence-electron chi connectivity index (χ4n) is 7.77. The van der Waals surface area contributed by atoms with Crippen LogP contribution >= 0.6 is 0 Å². The van der Waals surface area contributed by atoms with Gasteiger partial charge in [0.2, 0.25) is 12.3 Å². The molecule has 2 bridgehead atoms. The Morgan fingerprint density at radius 1 is 0.911 bits per heavy atom. The number of carbonyl (C=O) groups is 2. The van der Waals surface area contributed by atoms with Crippen molar-refractivity contribution in [1.82, 2.24) is 35.5 Å². The highest BCUT2D eigenvalue weighted by Crippen LogP contribution is 2.50. The molecule has 5 N–H and O–H groups in total. The maximum atomic E-state index is 13.0. The Labute approximate surface area is 331 Å². The topological polar surface area (TPSA) is 148 Å². The number of aliphatic hydroxyl groups is 1. The van der Waals surface area contributed by atoms with Crippen molar-refractivity contribution >= 4 is 44.9 Å². The number of ether oxygens (including phenoxy) is 1. The van der Waals surface area contributed by atoms with Gasteiger partial charge in [-0.05, 0) is 96.1 Å². The summed E-state index contributed by atoms with van der Waals surface area (Å²) in [5.74, 6) is 2.70. The maximum Gasteiger partial charge on any atom is 0.223 e. The lowest BCUT2D eigenvalue weighted by molar-refractivity contribution is -0.136. The Balaban J connectivity index is 0.000000573. The first-order chi connectivity index (χ1) is 27.4. The monoisotopic (exact) mass is 763 g/mol. The molecule has 1 saturated carbocycles. The molecular weight excluding hydrogens is 703 g/mol. The second-order valence-electron chi connectivity index (χ2n) is 13.8. The molecule has 2 aliphatic rings. The Morgan fingerprint density at radius 3 is 2.20 bits per heavy atom. The third kappa shape index (κ3) is 10.0. The summed E-state index contributed by atoms with van der Waals surface area (Å²) in [6.07, 6.45) is 8.59. The Bertz CT molecular complexity index is 2140. The molecule has 1 saturated heterocycles. The number of benzene rings is 4. The number of aliphatic hydroxyl groups excluding tert-OH is 1. The standard InChI is InChI=1S/C38H40N6O.C2H5NO.C2H6O.C2H6.CH4O/c1-3-5-35(45)44-30-13-10-29(20-30)37(44)38-40-21-33(42-38)28-9-8-24-17-23(6-7-25(24)19-28)26-11-14-31-27(18-26)12-15-32-36(31)43-34(41-32)22-39-16-4-2;1-3-2-4;1-3-2;2*1-2/h6-9,11-12,14-15,17-19,21,29-30,37,39H,3-5,10,13,16,20,22H2,1-2H3,(H,40,42)(H,41,43);2H,1H3,(H,3,4);1-2H3;1-2H3;2H,1H3. The van der Waals surface area contributed by atoms with Crippen molar-refractivity contribution in [2.75, 3.05) is 34.9 Å². The van der Waals surface area contributed by atoms with E-state index in [0.29, 0.717) is 24.8 Å². The highest BCUT2D eigenvalue weighted by Gasteiger charge is 2.49. The quantitative estimate of drug-likeness (QED) is 0.0694. The van der Waals surface area contributed by atoms with Gasteiger partial charge in [0.1, 0.15) is 11.6 Å². The van der Waals surface area contributed by atoms with Gasteiger partial charge >= 0.3 is 0 Å². The van der Waals surface area contributed by atoms with Crippen molar-refractivity contribution in [3.63, 3.8) is 0 Å². The first-order valence-corrected chi connectivity index (χ1v) is 19.9. The molecule has 2 fully saturated rings. The largest absolute Gasteiger partial charge is 0.400 e. The number of H-pyrrole nitrogens is 2. The Hall–Kier alpha value is -5.10. The summed E-state index contributed by atoms with van der Waals surface area (Å²) in [5.41, 5.74) is 6.61. The zero-order valence-corrected chi connectivity index (χ0v) is 34.4. The zero-order valence-electron chi connectivity index (χ0n) is 34.4. The van der Waals surface area contributed by atoms with Gasteiger partial charge < -0.3 is 35.3 Å². The van der Waals surface area contributed by atoms with E-state index in [1.807, 2.05) is 20.0 Å². The number of likely N-dealkylation sites (tertiary alicyclic amines) is 1. The van der Waals surface area contributed by atoms with Crippen LogP contribution in [0, 0.1) is 5.92 Å². The number of carbonyl (C=O) groups excluding carboxylic acids is 2. The van der Waals surface area contributed by atoms with E-state index >= 15 is 0 Å². The SMILES string of the molecule is CC.CCCNCc1nc2c(ccc3cc(-c4ccc5cc(-c6cnc(C7C8CCC(C8)N7C(=O)CCC)[nH]6)ccc5c4)ccc32)[nH]1.CNC=O.CO.COC. The molecule has 3 heterocycles. The molecule has 4 aromatic carbocycles. The number of rotatable bonds is 10. The van der Waals surface area contributed by atoms with Crippen molar-refractivity contribution in [2.45, 2.75) is 84.8 Å². The number of methoxy groups -OCH3 is 1. The molecule has 1 aliphatic carbocycles. The minimum Gasteiger partial charge on any atom is -0.400 e. The summed E-state index contributed by atoms with van der Waals surface area (Å²) in [4.78, 5) is 41.0. The number of fused-ring (bicyclic) bond motifs is 6. The molecule has 300 valence electrons. The minimum atomic E-state index is 0.0792. The fraction of sp³-hybridized carbons (Fsp3) is 0.422. The van der Waals surface area contributed by atoms with Crippen LogP contribution in [-0.2, 0) is 20.9 Å². The smallest absolute Gasteiger partial charge is 0.223 e. The second kappa shape index (κ2) is 21.8. The van der Waals surface area contributed by atoms with E-state index in [-0.39, 0.29) is 11.9 Å². The summed E-state index contributed by atoms with van der Waals surface area (Å²) >= 11 is 0. The molecule has 56 heavy (non-hydrogen) atoms. The molecule has 11 heteroatoms. The van der Waals surface area contributed by atoms with Crippen LogP contribution in [0.2, 0.25) is 0 Å². The van der Waals surface area contributed by atoms with Crippen LogP contribution in [0.1, 0.15) is 83.9 Å². The van der Waals surface area contributed by atoms with Crippen LogP contribution in [0.3, 0.4) is 0 Å². The van der Waals surface area contributed by atoms with Gasteiger partial charge in [0.15, 0.2) is 0 Å². The first kappa shape index (κ1) is 43.6. The van der Waals surface area contributed by atoms with E-state index in [0.717, 1.165) is 79.8 Å². The zero-order chi connectivity index (χ0) is 40.6. The normalized spacial score (nSPS) is 16.5. The van der Waals surface area contributed by atoms with Gasteiger partial charge in [0.05, 0.1) is 35.5 Å². The third-order valence-electron chi connectivity index (χ3n) is 10.1. The number of nitrogens with one attached hydrogen (secondary N) is 4. The molecule has 3 unspecified atom stereocenters. The van der Waals surface area contributed by atoms with Crippen molar-refractivity contribution in [3.05, 3.63) is 84.6 Å². The van der Waals surface area contributed by atoms with Gasteiger partial charge in [-0.1, -0.05) is 70.2 Å². The van der Waals surface area contributed by atoms with Crippen LogP contribution in [0.25, 0.3) is 55.0 Å². The number of aromatic amines is 2. The molecule has 11 nitrogen and oxygen atoms in total. The lowest BCUT2D eigenvalue weighted by Gasteiger charge is -2.34. The number of imidazole rings is 2. The lowest BCUT2D eigenvalue weighted by Crippen LogP contribution is -2.40. The summed E-state index contributed by atoms with van der Waals surface area (Å²) in [7, 11) is 5.81. The number of piperidine rings is 1. The fourth-order valence-corrected chi connectivity index (χ4v) is 7.77. The van der Waals surface area contributed by atoms with Gasteiger partial charge in [0, 0.05) is 51.8 Å². The van der Waals surface area contributed by atoms with Crippen LogP contribution in [0.4, 0.5) is 0 Å². The predicted molar refractivity (Wildman–Crippen MR) is 229 cm³/mol. The number of hydrogen-bond acceptors (Lipinski definition) is 7. The number of amides is 2. The molecule has 1 aliphatic heterocycles. The van der Waals surface area contributed by atoms with Crippen LogP contribution in [0.15, 0.2) is 72.9 Å².